The Morgan fingerprint density at radius 1 is 1.38 bits per heavy atom. The van der Waals surface area contributed by atoms with Crippen molar-refractivity contribution >= 4 is 36.0 Å². The van der Waals surface area contributed by atoms with Crippen LogP contribution in [0.3, 0.4) is 0 Å². The SMILES string of the molecule is CC(CNc1nccc(-c2nc(C(OCC[Si](C)(C)C)C3(C)CC3)[nH]c2Br)n1)NC(=O)O. The number of nitrogens with zero attached hydrogens (tertiary/aromatic N) is 3. The topological polar surface area (TPSA) is 125 Å². The summed E-state index contributed by atoms with van der Waals surface area (Å²) in [6, 6.07) is 2.64. The lowest BCUT2D eigenvalue weighted by molar-refractivity contribution is 0.00768. The number of hydrogen-bond donors (Lipinski definition) is 4. The quantitative estimate of drug-likeness (QED) is 0.308. The summed E-state index contributed by atoms with van der Waals surface area (Å²) in [7, 11) is -1.18. The van der Waals surface area contributed by atoms with Crippen molar-refractivity contribution in [1.29, 1.82) is 0 Å². The van der Waals surface area contributed by atoms with Gasteiger partial charge in [-0.05, 0) is 47.8 Å². The van der Waals surface area contributed by atoms with Gasteiger partial charge in [0.2, 0.25) is 5.95 Å². The molecule has 2 aromatic rings. The number of rotatable bonds is 11. The molecular formula is C21H33BrN6O3Si. The predicted octanol–water partition coefficient (Wildman–Crippen LogP) is 4.89. The number of imidazole rings is 1. The molecule has 2 aromatic heterocycles. The van der Waals surface area contributed by atoms with Crippen molar-refractivity contribution in [3.05, 3.63) is 22.7 Å². The average Bonchev–Trinajstić information content (AvgIpc) is 3.32. The van der Waals surface area contributed by atoms with Gasteiger partial charge in [0.05, 0.1) is 5.69 Å². The minimum atomic E-state index is -1.18. The lowest BCUT2D eigenvalue weighted by Crippen LogP contribution is -2.36. The van der Waals surface area contributed by atoms with Crippen LogP contribution in [-0.4, -0.2) is 58.4 Å². The van der Waals surface area contributed by atoms with Gasteiger partial charge < -0.3 is 25.5 Å². The molecule has 3 rings (SSSR count). The second kappa shape index (κ2) is 9.88. The first-order valence-corrected chi connectivity index (χ1v) is 15.4. The van der Waals surface area contributed by atoms with Gasteiger partial charge in [0.1, 0.15) is 22.2 Å². The van der Waals surface area contributed by atoms with E-state index in [4.69, 9.17) is 14.8 Å². The summed E-state index contributed by atoms with van der Waals surface area (Å²) in [5.74, 6) is 1.23. The maximum atomic E-state index is 10.7. The Labute approximate surface area is 198 Å². The molecule has 0 saturated heterocycles. The fourth-order valence-electron chi connectivity index (χ4n) is 3.30. The van der Waals surface area contributed by atoms with Crippen LogP contribution in [0.25, 0.3) is 11.4 Å². The molecule has 2 unspecified atom stereocenters. The summed E-state index contributed by atoms with van der Waals surface area (Å²) < 4.78 is 7.13. The third kappa shape index (κ3) is 6.76. The summed E-state index contributed by atoms with van der Waals surface area (Å²) in [6.07, 6.45) is 2.77. The number of carboxylic acid groups (broad SMARTS) is 1. The van der Waals surface area contributed by atoms with Gasteiger partial charge in [0.15, 0.2) is 0 Å². The van der Waals surface area contributed by atoms with Crippen molar-refractivity contribution in [2.24, 2.45) is 5.41 Å². The largest absolute Gasteiger partial charge is 0.465 e. The highest BCUT2D eigenvalue weighted by Gasteiger charge is 2.48. The molecule has 4 N–H and O–H groups in total. The molecule has 0 aliphatic heterocycles. The fourth-order valence-corrected chi connectivity index (χ4v) is 4.52. The van der Waals surface area contributed by atoms with E-state index in [1.54, 1.807) is 19.2 Å². The molecule has 1 amide bonds. The molecule has 1 saturated carbocycles. The van der Waals surface area contributed by atoms with Gasteiger partial charge in [0.25, 0.3) is 0 Å². The zero-order valence-electron chi connectivity index (χ0n) is 19.3. The van der Waals surface area contributed by atoms with E-state index in [0.717, 1.165) is 35.9 Å². The van der Waals surface area contributed by atoms with Crippen molar-refractivity contribution in [2.45, 2.75) is 64.5 Å². The Bertz CT molecular complexity index is 944. The Hall–Kier alpha value is -1.98. The van der Waals surface area contributed by atoms with Crippen LogP contribution in [0, 0.1) is 5.41 Å². The normalized spacial score (nSPS) is 16.9. The first-order chi connectivity index (χ1) is 15.0. The first kappa shape index (κ1) is 24.7. The highest BCUT2D eigenvalue weighted by Crippen LogP contribution is 2.56. The van der Waals surface area contributed by atoms with Crippen LogP contribution in [0.1, 0.15) is 38.6 Å². The summed E-state index contributed by atoms with van der Waals surface area (Å²) in [6.45, 7) is 12.2. The van der Waals surface area contributed by atoms with E-state index in [1.807, 2.05) is 0 Å². The van der Waals surface area contributed by atoms with E-state index in [2.05, 4.69) is 68.1 Å². The van der Waals surface area contributed by atoms with Gasteiger partial charge in [-0.1, -0.05) is 26.6 Å². The van der Waals surface area contributed by atoms with E-state index in [-0.39, 0.29) is 17.6 Å². The standard InChI is InChI=1S/C21H33BrN6O3Si/c1-13(25-20(29)30)12-24-19-23-9-6-14(26-19)15-17(22)28-18(27-15)16(21(2)7-8-21)31-10-11-32(3,4)5/h6,9,13,16,25H,7-8,10-12H2,1-5H3,(H,27,28)(H,29,30)(H,23,24,26). The molecule has 2 heterocycles. The van der Waals surface area contributed by atoms with E-state index in [1.165, 1.54) is 0 Å². The van der Waals surface area contributed by atoms with Crippen LogP contribution in [0.4, 0.5) is 10.7 Å². The molecule has 0 bridgehead atoms. The van der Waals surface area contributed by atoms with Crippen LogP contribution < -0.4 is 10.6 Å². The van der Waals surface area contributed by atoms with Gasteiger partial charge in [0, 0.05) is 38.9 Å². The highest BCUT2D eigenvalue weighted by atomic mass is 79.9. The number of halogens is 1. The summed E-state index contributed by atoms with van der Waals surface area (Å²) >= 11 is 3.60. The monoisotopic (exact) mass is 524 g/mol. The number of anilines is 1. The molecule has 9 nitrogen and oxygen atoms in total. The fraction of sp³-hybridized carbons (Fsp3) is 0.619. The predicted molar refractivity (Wildman–Crippen MR) is 131 cm³/mol. The zero-order chi connectivity index (χ0) is 23.5. The Morgan fingerprint density at radius 3 is 2.72 bits per heavy atom. The van der Waals surface area contributed by atoms with Crippen LogP contribution in [0.15, 0.2) is 16.9 Å². The third-order valence-corrected chi connectivity index (χ3v) is 7.85. The lowest BCUT2D eigenvalue weighted by atomic mass is 10.0. The number of amides is 1. The molecular weight excluding hydrogens is 492 g/mol. The van der Waals surface area contributed by atoms with Crippen molar-refractivity contribution in [1.82, 2.24) is 25.3 Å². The van der Waals surface area contributed by atoms with E-state index < -0.39 is 14.2 Å². The zero-order valence-corrected chi connectivity index (χ0v) is 21.9. The van der Waals surface area contributed by atoms with Crippen LogP contribution in [-0.2, 0) is 4.74 Å². The Morgan fingerprint density at radius 2 is 2.09 bits per heavy atom. The smallest absolute Gasteiger partial charge is 0.404 e. The van der Waals surface area contributed by atoms with Gasteiger partial charge in [-0.3, -0.25) is 0 Å². The third-order valence-electron chi connectivity index (χ3n) is 5.57. The number of ether oxygens (including phenoxy) is 1. The number of H-pyrrole nitrogens is 1. The van der Waals surface area contributed by atoms with Crippen LogP contribution >= 0.6 is 15.9 Å². The second-order valence-corrected chi connectivity index (χ2v) is 16.4. The summed E-state index contributed by atoms with van der Waals surface area (Å²) in [4.78, 5) is 27.8. The number of aromatic amines is 1. The summed E-state index contributed by atoms with van der Waals surface area (Å²) in [5, 5.41) is 14.3. The molecule has 11 heteroatoms. The minimum absolute atomic E-state index is 0.0775. The number of hydrogen-bond acceptors (Lipinski definition) is 6. The first-order valence-electron chi connectivity index (χ1n) is 10.9. The molecule has 176 valence electrons. The van der Waals surface area contributed by atoms with E-state index in [0.29, 0.717) is 23.9 Å². The number of carbonyl (C=O) groups is 1. The average molecular weight is 526 g/mol. The van der Waals surface area contributed by atoms with Gasteiger partial charge >= 0.3 is 6.09 Å². The van der Waals surface area contributed by atoms with Crippen LogP contribution in [0.2, 0.25) is 25.7 Å². The molecule has 32 heavy (non-hydrogen) atoms. The molecule has 0 spiro atoms. The van der Waals surface area contributed by atoms with Gasteiger partial charge in [-0.15, -0.1) is 0 Å². The number of aromatic nitrogens is 4. The molecule has 1 aliphatic carbocycles. The van der Waals surface area contributed by atoms with Crippen molar-refractivity contribution < 1.29 is 14.6 Å². The van der Waals surface area contributed by atoms with Gasteiger partial charge in [-0.2, -0.15) is 0 Å². The Kier molecular flexibility index (Phi) is 7.61. The van der Waals surface area contributed by atoms with Crippen molar-refractivity contribution in [3.63, 3.8) is 0 Å². The minimum Gasteiger partial charge on any atom is -0.465 e. The van der Waals surface area contributed by atoms with Crippen LogP contribution in [0.5, 0.6) is 0 Å². The lowest BCUT2D eigenvalue weighted by Gasteiger charge is -2.24. The molecule has 0 radical (unpaired) electrons. The van der Waals surface area contributed by atoms with Gasteiger partial charge in [-0.25, -0.2) is 19.7 Å². The maximum absolute atomic E-state index is 10.7. The van der Waals surface area contributed by atoms with Crippen molar-refractivity contribution in [2.75, 3.05) is 18.5 Å². The van der Waals surface area contributed by atoms with E-state index in [9.17, 15) is 4.79 Å². The summed E-state index contributed by atoms with van der Waals surface area (Å²) in [5.41, 5.74) is 1.47. The Balaban J connectivity index is 1.74. The molecule has 0 aromatic carbocycles. The van der Waals surface area contributed by atoms with Crippen molar-refractivity contribution in [3.8, 4) is 11.4 Å². The number of nitrogens with one attached hydrogen (secondary N) is 3. The molecule has 2 atom stereocenters. The second-order valence-electron chi connectivity index (χ2n) is 10.00. The maximum Gasteiger partial charge on any atom is 0.404 e. The molecule has 1 fully saturated rings. The van der Waals surface area contributed by atoms with E-state index >= 15 is 0 Å². The molecule has 1 aliphatic rings. The highest BCUT2D eigenvalue weighted by molar-refractivity contribution is 9.10.